The Labute approximate surface area is 127 Å². The summed E-state index contributed by atoms with van der Waals surface area (Å²) in [7, 11) is 0. The van der Waals surface area contributed by atoms with Crippen LogP contribution < -0.4 is 16.0 Å². The predicted molar refractivity (Wildman–Crippen MR) is 82.1 cm³/mol. The van der Waals surface area contributed by atoms with Crippen LogP contribution in [0, 0.1) is 5.92 Å². The number of nitrogens with one attached hydrogen (secondary N) is 3. The molecule has 1 saturated carbocycles. The quantitative estimate of drug-likeness (QED) is 0.648. The van der Waals surface area contributed by atoms with Gasteiger partial charge in [0.05, 0.1) is 0 Å². The summed E-state index contributed by atoms with van der Waals surface area (Å²) in [6.45, 7) is 9.11. The number of ether oxygens (including phenoxy) is 1. The second kappa shape index (κ2) is 8.22. The third-order valence-corrected chi connectivity index (χ3v) is 3.47. The number of hydrogen-bond acceptors (Lipinski definition) is 4. The molecular weight excluding hydrogens is 270 g/mol. The first kappa shape index (κ1) is 17.8. The SMILES string of the molecule is CC(=O)NCCNC1CCCC1CNC(=O)OC(C)(C)C. The molecule has 21 heavy (non-hydrogen) atoms. The normalized spacial score (nSPS) is 21.9. The first-order chi connectivity index (χ1) is 9.78. The molecule has 2 unspecified atom stereocenters. The van der Waals surface area contributed by atoms with Gasteiger partial charge in [0.25, 0.3) is 0 Å². The van der Waals surface area contributed by atoms with Gasteiger partial charge < -0.3 is 20.7 Å². The van der Waals surface area contributed by atoms with Gasteiger partial charge in [-0.2, -0.15) is 0 Å². The number of alkyl carbamates (subject to hydrolysis) is 1. The van der Waals surface area contributed by atoms with Crippen LogP contribution in [0.15, 0.2) is 0 Å². The lowest BCUT2D eigenvalue weighted by molar-refractivity contribution is -0.118. The van der Waals surface area contributed by atoms with Crippen molar-refractivity contribution in [3.63, 3.8) is 0 Å². The van der Waals surface area contributed by atoms with E-state index in [4.69, 9.17) is 4.74 Å². The summed E-state index contributed by atoms with van der Waals surface area (Å²) in [6, 6.07) is 0.397. The highest BCUT2D eigenvalue weighted by Crippen LogP contribution is 2.25. The van der Waals surface area contributed by atoms with Crippen LogP contribution in [0.25, 0.3) is 0 Å². The summed E-state index contributed by atoms with van der Waals surface area (Å²) in [6.07, 6.45) is 3.03. The van der Waals surface area contributed by atoms with Gasteiger partial charge in [-0.1, -0.05) is 6.42 Å². The van der Waals surface area contributed by atoms with Crippen molar-refractivity contribution in [2.45, 2.75) is 58.6 Å². The monoisotopic (exact) mass is 299 g/mol. The number of rotatable bonds is 6. The van der Waals surface area contributed by atoms with Gasteiger partial charge in [0.15, 0.2) is 0 Å². The van der Waals surface area contributed by atoms with E-state index in [1.807, 2.05) is 20.8 Å². The third kappa shape index (κ3) is 7.90. The fourth-order valence-electron chi connectivity index (χ4n) is 2.57. The van der Waals surface area contributed by atoms with Gasteiger partial charge in [-0.25, -0.2) is 4.79 Å². The van der Waals surface area contributed by atoms with Crippen LogP contribution in [0.5, 0.6) is 0 Å². The van der Waals surface area contributed by atoms with E-state index in [1.54, 1.807) is 0 Å². The Morgan fingerprint density at radius 1 is 1.14 bits per heavy atom. The van der Waals surface area contributed by atoms with E-state index >= 15 is 0 Å². The smallest absolute Gasteiger partial charge is 0.407 e. The van der Waals surface area contributed by atoms with Gasteiger partial charge in [0, 0.05) is 32.6 Å². The molecule has 0 aliphatic heterocycles. The van der Waals surface area contributed by atoms with Crippen molar-refractivity contribution in [3.05, 3.63) is 0 Å². The molecule has 1 aliphatic rings. The maximum Gasteiger partial charge on any atom is 0.407 e. The lowest BCUT2D eigenvalue weighted by Gasteiger charge is -2.23. The summed E-state index contributed by atoms with van der Waals surface area (Å²) in [5.41, 5.74) is -0.463. The van der Waals surface area contributed by atoms with Crippen molar-refractivity contribution in [3.8, 4) is 0 Å². The predicted octanol–water partition coefficient (Wildman–Crippen LogP) is 1.41. The summed E-state index contributed by atoms with van der Waals surface area (Å²) in [5, 5.41) is 9.07. The molecule has 0 radical (unpaired) electrons. The Balaban J connectivity index is 2.24. The lowest BCUT2D eigenvalue weighted by Crippen LogP contribution is -2.43. The third-order valence-electron chi connectivity index (χ3n) is 3.47. The molecule has 3 N–H and O–H groups in total. The largest absolute Gasteiger partial charge is 0.444 e. The molecule has 1 aliphatic carbocycles. The van der Waals surface area contributed by atoms with Gasteiger partial charge >= 0.3 is 6.09 Å². The van der Waals surface area contributed by atoms with Crippen molar-refractivity contribution >= 4 is 12.0 Å². The molecule has 0 saturated heterocycles. The van der Waals surface area contributed by atoms with E-state index in [2.05, 4.69) is 16.0 Å². The zero-order valence-corrected chi connectivity index (χ0v) is 13.6. The van der Waals surface area contributed by atoms with Gasteiger partial charge in [-0.3, -0.25) is 4.79 Å². The maximum absolute atomic E-state index is 11.7. The number of carbonyl (C=O) groups excluding carboxylic acids is 2. The van der Waals surface area contributed by atoms with Gasteiger partial charge in [0.1, 0.15) is 5.60 Å². The standard InChI is InChI=1S/C15H29N3O3/c1-11(19)16-8-9-17-13-7-5-6-12(13)10-18-14(20)21-15(2,3)4/h12-13,17H,5-10H2,1-4H3,(H,16,19)(H,18,20). The van der Waals surface area contributed by atoms with Crippen molar-refractivity contribution in [1.29, 1.82) is 0 Å². The Morgan fingerprint density at radius 2 is 1.86 bits per heavy atom. The minimum absolute atomic E-state index is 0.00800. The molecule has 2 atom stereocenters. The van der Waals surface area contributed by atoms with Crippen molar-refractivity contribution in [2.24, 2.45) is 5.92 Å². The number of amides is 2. The van der Waals surface area contributed by atoms with Crippen LogP contribution >= 0.6 is 0 Å². The van der Waals surface area contributed by atoms with Crippen LogP contribution in [0.4, 0.5) is 4.79 Å². The van der Waals surface area contributed by atoms with Crippen LogP contribution in [-0.4, -0.2) is 43.3 Å². The fourth-order valence-corrected chi connectivity index (χ4v) is 2.57. The van der Waals surface area contributed by atoms with Crippen molar-refractivity contribution < 1.29 is 14.3 Å². The first-order valence-electron chi connectivity index (χ1n) is 7.72. The highest BCUT2D eigenvalue weighted by Gasteiger charge is 2.27. The fraction of sp³-hybridized carbons (Fsp3) is 0.867. The lowest BCUT2D eigenvalue weighted by atomic mass is 10.0. The maximum atomic E-state index is 11.7. The zero-order chi connectivity index (χ0) is 15.9. The topological polar surface area (TPSA) is 79.5 Å². The second-order valence-corrected chi connectivity index (χ2v) is 6.62. The Kier molecular flexibility index (Phi) is 6.95. The number of carbonyl (C=O) groups is 2. The van der Waals surface area contributed by atoms with E-state index < -0.39 is 5.60 Å². The number of hydrogen-bond donors (Lipinski definition) is 3. The molecular formula is C15H29N3O3. The highest BCUT2D eigenvalue weighted by molar-refractivity contribution is 5.72. The molecule has 0 aromatic carbocycles. The van der Waals surface area contributed by atoms with E-state index in [1.165, 1.54) is 13.3 Å². The van der Waals surface area contributed by atoms with E-state index in [9.17, 15) is 9.59 Å². The highest BCUT2D eigenvalue weighted by atomic mass is 16.6. The zero-order valence-electron chi connectivity index (χ0n) is 13.6. The van der Waals surface area contributed by atoms with Crippen molar-refractivity contribution in [1.82, 2.24) is 16.0 Å². The van der Waals surface area contributed by atoms with Crippen molar-refractivity contribution in [2.75, 3.05) is 19.6 Å². The molecule has 2 amide bonds. The average Bonchev–Trinajstić information content (AvgIpc) is 2.77. The molecule has 122 valence electrons. The molecule has 0 heterocycles. The summed E-state index contributed by atoms with van der Waals surface area (Å²) < 4.78 is 5.24. The molecule has 6 heteroatoms. The molecule has 1 fully saturated rings. The minimum Gasteiger partial charge on any atom is -0.444 e. The first-order valence-corrected chi connectivity index (χ1v) is 7.72. The van der Waals surface area contributed by atoms with Crippen LogP contribution in [-0.2, 0) is 9.53 Å². The molecule has 6 nitrogen and oxygen atoms in total. The molecule has 0 spiro atoms. The van der Waals surface area contributed by atoms with E-state index in [0.29, 0.717) is 25.0 Å². The van der Waals surface area contributed by atoms with Crippen LogP contribution in [0.3, 0.4) is 0 Å². The van der Waals surface area contributed by atoms with Gasteiger partial charge in [0.2, 0.25) is 5.91 Å². The Bertz CT molecular complexity index is 353. The Morgan fingerprint density at radius 3 is 2.48 bits per heavy atom. The summed E-state index contributed by atoms with van der Waals surface area (Å²) >= 11 is 0. The summed E-state index contributed by atoms with van der Waals surface area (Å²) in [5.74, 6) is 0.418. The average molecular weight is 299 g/mol. The van der Waals surface area contributed by atoms with E-state index in [0.717, 1.165) is 19.4 Å². The Hall–Kier alpha value is -1.30. The second-order valence-electron chi connectivity index (χ2n) is 6.62. The van der Waals surface area contributed by atoms with Gasteiger partial charge in [-0.15, -0.1) is 0 Å². The van der Waals surface area contributed by atoms with E-state index in [-0.39, 0.29) is 12.0 Å². The molecule has 1 rings (SSSR count). The van der Waals surface area contributed by atoms with Gasteiger partial charge in [-0.05, 0) is 39.5 Å². The molecule has 0 aromatic rings. The summed E-state index contributed by atoms with van der Waals surface area (Å²) in [4.78, 5) is 22.5. The minimum atomic E-state index is -0.463. The molecule has 0 bridgehead atoms. The molecule has 0 aromatic heterocycles. The van der Waals surface area contributed by atoms with Crippen LogP contribution in [0.2, 0.25) is 0 Å². The van der Waals surface area contributed by atoms with Crippen LogP contribution in [0.1, 0.15) is 47.0 Å².